The van der Waals surface area contributed by atoms with Gasteiger partial charge in [-0.25, -0.2) is 19.2 Å². The van der Waals surface area contributed by atoms with E-state index in [1.807, 2.05) is 19.1 Å². The summed E-state index contributed by atoms with van der Waals surface area (Å²) >= 11 is 6.44. The van der Waals surface area contributed by atoms with Crippen molar-refractivity contribution in [1.29, 1.82) is 0 Å². The van der Waals surface area contributed by atoms with Gasteiger partial charge in [-0.05, 0) is 82.3 Å². The van der Waals surface area contributed by atoms with E-state index in [-0.39, 0.29) is 11.9 Å². The van der Waals surface area contributed by atoms with Crippen molar-refractivity contribution < 1.29 is 23.5 Å². The fraction of sp³-hybridized carbons (Fsp3) is 0.382. The Labute approximate surface area is 279 Å². The van der Waals surface area contributed by atoms with Crippen LogP contribution in [0.5, 0.6) is 11.5 Å². The van der Waals surface area contributed by atoms with Gasteiger partial charge in [-0.1, -0.05) is 11.6 Å². The fourth-order valence-corrected chi connectivity index (χ4v) is 6.15. The maximum atomic E-state index is 14.2. The van der Waals surface area contributed by atoms with Crippen LogP contribution >= 0.6 is 11.6 Å². The zero-order valence-corrected chi connectivity index (χ0v) is 28.2. The van der Waals surface area contributed by atoms with Crippen LogP contribution in [0.25, 0.3) is 0 Å². The Balaban J connectivity index is 1.58. The lowest BCUT2D eigenvalue weighted by Gasteiger charge is -2.49. The van der Waals surface area contributed by atoms with Gasteiger partial charge in [0.25, 0.3) is 0 Å². The number of nitrogens with one attached hydrogen (secondary N) is 1. The summed E-state index contributed by atoms with van der Waals surface area (Å²) in [5, 5.41) is 7.74. The zero-order valence-electron chi connectivity index (χ0n) is 27.5. The summed E-state index contributed by atoms with van der Waals surface area (Å²) in [7, 11) is 3.08. The first kappa shape index (κ1) is 34.0. The Kier molecular flexibility index (Phi) is 9.94. The number of amides is 3. The topological polar surface area (TPSA) is 116 Å². The predicted molar refractivity (Wildman–Crippen MR) is 182 cm³/mol. The Bertz CT molecular complexity index is 1660. The molecule has 0 bridgehead atoms. The number of rotatable bonds is 8. The largest absolute Gasteiger partial charge is 0.497 e. The second-order valence-corrected chi connectivity index (χ2v) is 12.6. The molecule has 1 fully saturated rings. The third-order valence-electron chi connectivity index (χ3n) is 8.40. The van der Waals surface area contributed by atoms with Gasteiger partial charge in [0.1, 0.15) is 23.2 Å². The molecular weight excluding hydrogens is 625 g/mol. The summed E-state index contributed by atoms with van der Waals surface area (Å²) in [5.41, 5.74) is 7.71. The normalized spacial score (nSPS) is 17.4. The van der Waals surface area contributed by atoms with Gasteiger partial charge in [0.2, 0.25) is 5.91 Å². The fourth-order valence-electron chi connectivity index (χ4n) is 5.97. The van der Waals surface area contributed by atoms with Gasteiger partial charge in [0.15, 0.2) is 0 Å². The number of hydrazine groups is 1. The van der Waals surface area contributed by atoms with Gasteiger partial charge in [-0.15, -0.1) is 0 Å². The molecule has 0 radical (unpaired) electrons. The number of amidine groups is 1. The van der Waals surface area contributed by atoms with Crippen molar-refractivity contribution in [1.82, 2.24) is 14.9 Å². The van der Waals surface area contributed by atoms with Crippen LogP contribution in [0, 0.1) is 5.82 Å². The maximum Gasteiger partial charge on any atom is 0.327 e. The van der Waals surface area contributed by atoms with Gasteiger partial charge in [0, 0.05) is 48.5 Å². The van der Waals surface area contributed by atoms with E-state index >= 15 is 0 Å². The van der Waals surface area contributed by atoms with Gasteiger partial charge >= 0.3 is 6.03 Å². The molecule has 3 N–H and O–H groups in total. The highest BCUT2D eigenvalue weighted by atomic mass is 35.5. The number of aliphatic imine (C=N–C) groups is 1. The highest BCUT2D eigenvalue weighted by molar-refractivity contribution is 6.30. The first-order valence-corrected chi connectivity index (χ1v) is 15.8. The van der Waals surface area contributed by atoms with E-state index in [0.717, 1.165) is 11.3 Å². The number of nitrogens with zero attached hydrogens (tertiary/aromatic N) is 5. The molecule has 0 spiro atoms. The van der Waals surface area contributed by atoms with E-state index in [9.17, 15) is 14.0 Å². The zero-order chi connectivity index (χ0) is 34.0. The molecule has 0 aromatic heterocycles. The highest BCUT2D eigenvalue weighted by Crippen LogP contribution is 2.40. The van der Waals surface area contributed by atoms with Crippen LogP contribution in [0.1, 0.15) is 39.3 Å². The molecule has 3 aromatic carbocycles. The molecular formula is C34H41ClFN7O4. The van der Waals surface area contributed by atoms with Crippen LogP contribution in [0.3, 0.4) is 0 Å². The molecule has 1 saturated heterocycles. The van der Waals surface area contributed by atoms with Crippen molar-refractivity contribution in [2.24, 2.45) is 10.7 Å². The molecule has 2 aliphatic rings. The lowest BCUT2D eigenvalue weighted by Crippen LogP contribution is -2.63. The number of ether oxygens (including phenoxy) is 2. The molecule has 2 unspecified atom stereocenters. The standard InChI is InChI=1S/C34H41ClFN7O4/c1-21-27-19-23(35)7-13-28(27)39-31(43(21)41-17-15-40(16-18-41)32(44)34(3,4)37)22(2)42(29-14-12-26(46-5)20-30(29)47-6)33(45)38-25-10-8-24(36)9-11-25/h7-14,19-22H,15-18,37H2,1-6H3,(H,38,45). The minimum atomic E-state index is -0.979. The van der Waals surface area contributed by atoms with Crippen molar-refractivity contribution >= 4 is 46.4 Å². The Morgan fingerprint density at radius 2 is 1.72 bits per heavy atom. The number of carbonyl (C=O) groups excluding carboxylic acids is 2. The number of piperazine rings is 1. The van der Waals surface area contributed by atoms with Crippen LogP contribution < -0.4 is 25.4 Å². The van der Waals surface area contributed by atoms with E-state index in [1.54, 1.807) is 55.0 Å². The average Bonchev–Trinajstić information content (AvgIpc) is 3.05. The summed E-state index contributed by atoms with van der Waals surface area (Å²) in [6.45, 7) is 9.34. The monoisotopic (exact) mass is 665 g/mol. The lowest BCUT2D eigenvalue weighted by molar-refractivity contribution is -0.140. The van der Waals surface area contributed by atoms with Crippen molar-refractivity contribution in [3.05, 3.63) is 77.1 Å². The van der Waals surface area contributed by atoms with Crippen molar-refractivity contribution in [3.63, 3.8) is 0 Å². The second-order valence-electron chi connectivity index (χ2n) is 12.2. The van der Waals surface area contributed by atoms with E-state index in [0.29, 0.717) is 59.9 Å². The van der Waals surface area contributed by atoms with E-state index in [2.05, 4.69) is 22.3 Å². The molecule has 2 heterocycles. The molecule has 3 aromatic rings. The number of halogens is 2. The molecule has 2 aliphatic heterocycles. The van der Waals surface area contributed by atoms with Gasteiger partial charge in [0.05, 0.1) is 43.2 Å². The van der Waals surface area contributed by atoms with Gasteiger partial charge < -0.3 is 25.4 Å². The Morgan fingerprint density at radius 1 is 1.04 bits per heavy atom. The van der Waals surface area contributed by atoms with Crippen molar-refractivity contribution in [2.45, 2.75) is 45.3 Å². The first-order chi connectivity index (χ1) is 22.3. The molecule has 47 heavy (non-hydrogen) atoms. The van der Waals surface area contributed by atoms with Crippen molar-refractivity contribution in [3.8, 4) is 11.5 Å². The van der Waals surface area contributed by atoms with Crippen molar-refractivity contribution in [2.75, 3.05) is 50.6 Å². The highest BCUT2D eigenvalue weighted by Gasteiger charge is 2.40. The number of urea groups is 1. The van der Waals surface area contributed by atoms with Crippen LogP contribution in [-0.4, -0.2) is 84.7 Å². The van der Waals surface area contributed by atoms with Crippen LogP contribution in [0.4, 0.5) is 26.2 Å². The summed E-state index contributed by atoms with van der Waals surface area (Å²) in [6.07, 6.45) is 0. The number of benzene rings is 3. The molecule has 2 atom stereocenters. The molecule has 0 saturated carbocycles. The number of hydrogen-bond acceptors (Lipinski definition) is 8. The number of fused-ring (bicyclic) bond motifs is 1. The van der Waals surface area contributed by atoms with E-state index in [1.165, 1.54) is 31.4 Å². The third kappa shape index (κ3) is 7.14. The Morgan fingerprint density at radius 3 is 2.34 bits per heavy atom. The quantitative estimate of drug-likeness (QED) is 0.311. The lowest BCUT2D eigenvalue weighted by atomic mass is 10.0. The molecule has 0 aliphatic carbocycles. The number of anilines is 2. The minimum Gasteiger partial charge on any atom is -0.497 e. The van der Waals surface area contributed by atoms with E-state index in [4.69, 9.17) is 31.8 Å². The number of methoxy groups -OCH3 is 2. The summed E-state index contributed by atoms with van der Waals surface area (Å²) in [4.78, 5) is 35.7. The second kappa shape index (κ2) is 13.8. The van der Waals surface area contributed by atoms with E-state index < -0.39 is 23.4 Å². The number of hydrogen-bond donors (Lipinski definition) is 2. The number of carbonyl (C=O) groups is 2. The molecule has 13 heteroatoms. The molecule has 250 valence electrons. The van der Waals surface area contributed by atoms with Crippen LogP contribution in [-0.2, 0) is 4.79 Å². The third-order valence-corrected chi connectivity index (χ3v) is 8.63. The SMILES string of the molecule is COc1ccc(N(C(=O)Nc2ccc(F)cc2)C(C)C2=Nc3ccc(Cl)cc3C(C)N2N2CCN(C(=O)C(C)(C)N)CC2)c(OC)c1. The van der Waals surface area contributed by atoms with Gasteiger partial charge in [-0.3, -0.25) is 14.7 Å². The molecule has 3 amide bonds. The Hall–Kier alpha value is -4.39. The minimum absolute atomic E-state index is 0.113. The van der Waals surface area contributed by atoms with Gasteiger partial charge in [-0.2, -0.15) is 0 Å². The maximum absolute atomic E-state index is 14.2. The summed E-state index contributed by atoms with van der Waals surface area (Å²) in [5.74, 6) is 1.03. The predicted octanol–water partition coefficient (Wildman–Crippen LogP) is 5.83. The molecule has 5 rings (SSSR count). The first-order valence-electron chi connectivity index (χ1n) is 15.4. The average molecular weight is 666 g/mol. The summed E-state index contributed by atoms with van der Waals surface area (Å²) < 4.78 is 24.9. The summed E-state index contributed by atoms with van der Waals surface area (Å²) in [6, 6.07) is 15.0. The van der Waals surface area contributed by atoms with Crippen LogP contribution in [0.15, 0.2) is 65.7 Å². The smallest absolute Gasteiger partial charge is 0.327 e. The van der Waals surface area contributed by atoms with Crippen LogP contribution in [0.2, 0.25) is 5.02 Å². The molecule has 11 nitrogen and oxygen atoms in total. The number of nitrogens with two attached hydrogens (primary N) is 1.